The summed E-state index contributed by atoms with van der Waals surface area (Å²) in [4.78, 5) is 10.9. The van der Waals surface area contributed by atoms with Gasteiger partial charge in [-0.1, -0.05) is 0 Å². The maximum Gasteiger partial charge on any atom is 0.415 e. The number of carbonyl (C=O) groups is 1. The lowest BCUT2D eigenvalue weighted by Gasteiger charge is -1.99. The smallest absolute Gasteiger partial charge is 0.395 e. The van der Waals surface area contributed by atoms with Crippen LogP contribution < -0.4 is 15.0 Å². The molecule has 0 aliphatic rings. The van der Waals surface area contributed by atoms with Gasteiger partial charge in [0.2, 0.25) is 0 Å². The van der Waals surface area contributed by atoms with Crippen LogP contribution in [0.2, 0.25) is 0 Å². The third-order valence-electron chi connectivity index (χ3n) is 1.39. The Labute approximate surface area is 83.4 Å². The number of aromatic nitrogens is 2. The van der Waals surface area contributed by atoms with Gasteiger partial charge in [-0.25, -0.2) is 4.79 Å². The number of hydrogen-bond donors (Lipinski definition) is 3. The van der Waals surface area contributed by atoms with Crippen molar-refractivity contribution in [3.8, 4) is 5.88 Å². The number of hydrogen-bond acceptors (Lipinski definition) is 7. The molecule has 0 saturated carbocycles. The molecule has 0 aromatic carbocycles. The van der Waals surface area contributed by atoms with Gasteiger partial charge in [0.05, 0.1) is 11.8 Å². The summed E-state index contributed by atoms with van der Waals surface area (Å²) in [7, 11) is 0. The molecule has 9 nitrogen and oxygen atoms in total. The Morgan fingerprint density at radius 1 is 1.67 bits per heavy atom. The minimum atomic E-state index is -0.910. The molecule has 1 aromatic rings. The van der Waals surface area contributed by atoms with Crippen molar-refractivity contribution >= 4 is 6.09 Å². The number of nitrogens with zero attached hydrogens (tertiary/aromatic N) is 2. The summed E-state index contributed by atoms with van der Waals surface area (Å²) in [6.45, 7) is -0.916. The van der Waals surface area contributed by atoms with Crippen molar-refractivity contribution in [2.45, 2.75) is 6.61 Å². The quantitative estimate of drug-likeness (QED) is 0.493. The Kier molecular flexibility index (Phi) is 3.83. The third-order valence-corrected chi connectivity index (χ3v) is 1.39. The largest absolute Gasteiger partial charge is 0.415 e. The van der Waals surface area contributed by atoms with Gasteiger partial charge in [0.25, 0.3) is 5.69 Å². The minimum absolute atomic E-state index is 0.00250. The predicted molar refractivity (Wildman–Crippen MR) is 42.5 cm³/mol. The zero-order valence-corrected chi connectivity index (χ0v) is 7.54. The highest BCUT2D eigenvalue weighted by Crippen LogP contribution is 2.10. The highest BCUT2D eigenvalue weighted by molar-refractivity contribution is 5.69. The molecule has 0 aliphatic carbocycles. The molecule has 1 aromatic heterocycles. The Bertz CT molecular complexity index is 338. The molecule has 0 fully saturated rings. The summed E-state index contributed by atoms with van der Waals surface area (Å²) < 4.78 is 8.60. The summed E-state index contributed by atoms with van der Waals surface area (Å²) in [5.41, 5.74) is -0.311. The molecule has 1 rings (SSSR count). The maximum absolute atomic E-state index is 10.9. The zero-order chi connectivity index (χ0) is 11.3. The lowest BCUT2D eigenvalue weighted by Crippen LogP contribution is -2.31. The molecule has 0 unspecified atom stereocenters. The normalized spacial score (nSPS) is 10.0. The molecule has 84 valence electrons. The van der Waals surface area contributed by atoms with Gasteiger partial charge in [-0.05, 0) is 4.90 Å². The van der Waals surface area contributed by atoms with Crippen LogP contribution >= 0.6 is 0 Å². The van der Waals surface area contributed by atoms with E-state index in [-0.39, 0.29) is 23.7 Å². The van der Waals surface area contributed by atoms with E-state index in [0.717, 1.165) is 0 Å². The lowest BCUT2D eigenvalue weighted by molar-refractivity contribution is -0.809. The van der Waals surface area contributed by atoms with Crippen molar-refractivity contribution in [3.05, 3.63) is 10.9 Å². The van der Waals surface area contributed by atoms with E-state index in [0.29, 0.717) is 0 Å². The van der Waals surface area contributed by atoms with Crippen molar-refractivity contribution in [3.63, 3.8) is 0 Å². The fourth-order valence-corrected chi connectivity index (χ4v) is 0.739. The van der Waals surface area contributed by atoms with Gasteiger partial charge < -0.3 is 25.5 Å². The summed E-state index contributed by atoms with van der Waals surface area (Å²) in [5.74, 6) is -0.414. The number of carbonyl (C=O) groups excluding carboxylic acids is 1. The number of nitrogens with one attached hydrogen (secondary N) is 1. The first-order chi connectivity index (χ1) is 7.19. The minimum Gasteiger partial charge on any atom is -0.395 e. The van der Waals surface area contributed by atoms with Crippen molar-refractivity contribution in [1.82, 2.24) is 10.5 Å². The second-order valence-corrected chi connectivity index (χ2v) is 2.38. The Morgan fingerprint density at radius 2 is 2.40 bits per heavy atom. The SMILES string of the molecule is O=C(NCCO)Oc1no[n+]([O-])c1CO. The lowest BCUT2D eigenvalue weighted by atomic mass is 10.5. The highest BCUT2D eigenvalue weighted by atomic mass is 16.8. The average molecular weight is 219 g/mol. The molecule has 0 spiro atoms. The van der Waals surface area contributed by atoms with Crippen LogP contribution in [0.1, 0.15) is 5.69 Å². The molecule has 3 N–H and O–H groups in total. The van der Waals surface area contributed by atoms with Crippen LogP contribution in [0.15, 0.2) is 4.63 Å². The first-order valence-electron chi connectivity index (χ1n) is 3.95. The average Bonchev–Trinajstić information content (AvgIpc) is 2.56. The Balaban J connectivity index is 2.60. The van der Waals surface area contributed by atoms with Gasteiger partial charge in [0.1, 0.15) is 6.61 Å². The van der Waals surface area contributed by atoms with E-state index in [1.54, 1.807) is 0 Å². The van der Waals surface area contributed by atoms with Crippen LogP contribution in [0.25, 0.3) is 0 Å². The predicted octanol–water partition coefficient (Wildman–Crippen LogP) is -2.12. The van der Waals surface area contributed by atoms with Gasteiger partial charge in [-0.15, -0.1) is 0 Å². The van der Waals surface area contributed by atoms with Crippen molar-refractivity contribution < 1.29 is 29.3 Å². The zero-order valence-electron chi connectivity index (χ0n) is 7.54. The van der Waals surface area contributed by atoms with Crippen molar-refractivity contribution in [2.24, 2.45) is 0 Å². The van der Waals surface area contributed by atoms with E-state index < -0.39 is 18.6 Å². The van der Waals surface area contributed by atoms with Gasteiger partial charge >= 0.3 is 12.0 Å². The molecular formula is C6H9N3O6. The van der Waals surface area contributed by atoms with Gasteiger partial charge in [-0.3, -0.25) is 4.63 Å². The van der Waals surface area contributed by atoms with E-state index in [1.807, 2.05) is 0 Å². The summed E-state index contributed by atoms with van der Waals surface area (Å²) in [6, 6.07) is 0. The molecule has 0 aliphatic heterocycles. The first-order valence-corrected chi connectivity index (χ1v) is 3.95. The number of aliphatic hydroxyl groups excluding tert-OH is 2. The number of aliphatic hydroxyl groups is 2. The molecule has 9 heteroatoms. The van der Waals surface area contributed by atoms with Crippen molar-refractivity contribution in [1.29, 1.82) is 0 Å². The first kappa shape index (κ1) is 11.2. The van der Waals surface area contributed by atoms with E-state index in [9.17, 15) is 10.0 Å². The van der Waals surface area contributed by atoms with Crippen LogP contribution in [0.3, 0.4) is 0 Å². The Morgan fingerprint density at radius 3 is 3.00 bits per heavy atom. The number of ether oxygens (including phenoxy) is 1. The molecule has 1 heterocycles. The molecule has 1 amide bonds. The summed E-state index contributed by atoms with van der Waals surface area (Å²) in [6.07, 6.45) is -0.910. The summed E-state index contributed by atoms with van der Waals surface area (Å²) in [5, 5.41) is 33.1. The molecule has 0 atom stereocenters. The van der Waals surface area contributed by atoms with Gasteiger partial charge in [0, 0.05) is 6.54 Å². The van der Waals surface area contributed by atoms with Crippen LogP contribution in [0.4, 0.5) is 4.79 Å². The van der Waals surface area contributed by atoms with Gasteiger partial charge in [0.15, 0.2) is 0 Å². The third kappa shape index (κ3) is 2.79. The second kappa shape index (κ2) is 5.12. The standard InChI is InChI=1S/C6H9N3O6/c10-2-1-7-6(12)14-5-4(3-11)9(13)15-8-5/h10-11H,1-3H2,(H,7,12). The monoisotopic (exact) mass is 219 g/mol. The van der Waals surface area contributed by atoms with Crippen molar-refractivity contribution in [2.75, 3.05) is 13.2 Å². The van der Waals surface area contributed by atoms with Crippen LogP contribution in [-0.4, -0.2) is 34.6 Å². The molecule has 15 heavy (non-hydrogen) atoms. The fourth-order valence-electron chi connectivity index (χ4n) is 0.739. The second-order valence-electron chi connectivity index (χ2n) is 2.38. The molecule has 0 bridgehead atoms. The van der Waals surface area contributed by atoms with Crippen LogP contribution in [0.5, 0.6) is 5.88 Å². The van der Waals surface area contributed by atoms with E-state index in [1.165, 1.54) is 0 Å². The molecule has 0 saturated heterocycles. The van der Waals surface area contributed by atoms with Gasteiger partial charge in [-0.2, -0.15) is 0 Å². The molecule has 0 radical (unpaired) electrons. The fraction of sp³-hybridized carbons (Fsp3) is 0.500. The van der Waals surface area contributed by atoms with E-state index in [2.05, 4.69) is 19.8 Å². The van der Waals surface area contributed by atoms with E-state index >= 15 is 0 Å². The van der Waals surface area contributed by atoms with Crippen LogP contribution in [-0.2, 0) is 6.61 Å². The molecular weight excluding hydrogens is 210 g/mol. The number of rotatable bonds is 4. The van der Waals surface area contributed by atoms with Crippen LogP contribution in [0, 0.1) is 5.21 Å². The number of amides is 1. The Hall–Kier alpha value is -1.87. The van der Waals surface area contributed by atoms with E-state index in [4.69, 9.17) is 10.2 Å². The highest BCUT2D eigenvalue weighted by Gasteiger charge is 2.22. The topological polar surface area (TPSA) is 132 Å². The maximum atomic E-state index is 10.9. The summed E-state index contributed by atoms with van der Waals surface area (Å²) >= 11 is 0.